The molecule has 0 radical (unpaired) electrons. The van der Waals surface area contributed by atoms with E-state index in [0.717, 1.165) is 23.6 Å². The summed E-state index contributed by atoms with van der Waals surface area (Å²) in [5, 5.41) is 20.0. The zero-order valence-electron chi connectivity index (χ0n) is 26.2. The Morgan fingerprint density at radius 3 is 2.22 bits per heavy atom. The van der Waals surface area contributed by atoms with Gasteiger partial charge in [0.1, 0.15) is 0 Å². The van der Waals surface area contributed by atoms with Crippen molar-refractivity contribution in [2.45, 2.75) is 37.3 Å². The molecule has 8 heteroatoms. The van der Waals surface area contributed by atoms with E-state index in [-0.39, 0.29) is 23.8 Å². The summed E-state index contributed by atoms with van der Waals surface area (Å²) in [6, 6.07) is 34.1. The van der Waals surface area contributed by atoms with E-state index in [4.69, 9.17) is 5.41 Å². The first-order valence-corrected chi connectivity index (χ1v) is 15.8. The second-order valence-electron chi connectivity index (χ2n) is 11.9. The van der Waals surface area contributed by atoms with Gasteiger partial charge in [-0.05, 0) is 53.3 Å². The molecule has 0 spiro atoms. The number of carbonyl (C=O) groups excluding carboxylic acids is 2. The summed E-state index contributed by atoms with van der Waals surface area (Å²) in [6.07, 6.45) is 2.07. The Morgan fingerprint density at radius 2 is 1.56 bits per heavy atom. The molecule has 0 aromatic heterocycles. The number of carbonyl (C=O) groups is 2. The van der Waals surface area contributed by atoms with Gasteiger partial charge in [-0.15, -0.1) is 0 Å². The first-order chi connectivity index (χ1) is 21.9. The summed E-state index contributed by atoms with van der Waals surface area (Å²) >= 11 is 0. The Balaban J connectivity index is 1.30. The van der Waals surface area contributed by atoms with Crippen LogP contribution in [0.2, 0.25) is 0 Å². The van der Waals surface area contributed by atoms with Crippen LogP contribution in [0.1, 0.15) is 46.7 Å². The van der Waals surface area contributed by atoms with Crippen LogP contribution in [0.15, 0.2) is 103 Å². The van der Waals surface area contributed by atoms with Gasteiger partial charge in [0.25, 0.3) is 5.91 Å². The van der Waals surface area contributed by atoms with E-state index >= 15 is 0 Å². The predicted molar refractivity (Wildman–Crippen MR) is 182 cm³/mol. The highest BCUT2D eigenvalue weighted by atomic mass is 16.2. The standard InChI is InChI=1S/C37H44N6O2/c1-42(2)37(38)39-22-11-18-34-36(45)43(26-33(28-13-5-3-6-14-28)29-15-7-4-8-16-29)23-21-32(41-34)25-40-35(44)31-20-19-27-12-9-10-17-30(27)24-31/h3-10,12-17,19-20,24,32-34,41H,11,18,21-23,25-26H2,1-2H3,(H2,38,39)(H,40,44)/t32-,34-/m0/s1. The van der Waals surface area contributed by atoms with Crippen LogP contribution in [-0.2, 0) is 4.79 Å². The molecule has 234 valence electrons. The van der Waals surface area contributed by atoms with Crippen LogP contribution in [0.4, 0.5) is 0 Å². The van der Waals surface area contributed by atoms with Crippen molar-refractivity contribution >= 4 is 28.5 Å². The Bertz CT molecular complexity index is 1540. The van der Waals surface area contributed by atoms with E-state index in [2.05, 4.69) is 40.2 Å². The fourth-order valence-corrected chi connectivity index (χ4v) is 5.94. The molecule has 4 N–H and O–H groups in total. The molecule has 1 heterocycles. The van der Waals surface area contributed by atoms with Gasteiger partial charge in [-0.25, -0.2) is 0 Å². The molecule has 1 saturated heterocycles. The number of fused-ring (bicyclic) bond motifs is 1. The molecule has 1 aliphatic rings. The molecule has 2 amide bonds. The Kier molecular flexibility index (Phi) is 10.8. The molecule has 0 saturated carbocycles. The third kappa shape index (κ3) is 8.48. The summed E-state index contributed by atoms with van der Waals surface area (Å²) in [7, 11) is 3.66. The first-order valence-electron chi connectivity index (χ1n) is 15.8. The summed E-state index contributed by atoms with van der Waals surface area (Å²) in [5.41, 5.74) is 2.98. The van der Waals surface area contributed by atoms with Crippen molar-refractivity contribution in [2.24, 2.45) is 0 Å². The molecular weight excluding hydrogens is 560 g/mol. The van der Waals surface area contributed by atoms with Crippen molar-refractivity contribution in [3.63, 3.8) is 0 Å². The number of rotatable bonds is 11. The SMILES string of the molecule is CN(C)C(=N)NCCC[C@@H]1N[C@H](CNC(=O)c2ccc3ccccc3c2)CCN(CC(c2ccccc2)c2ccccc2)C1=O. The Labute approximate surface area is 266 Å². The smallest absolute Gasteiger partial charge is 0.251 e. The normalized spacial score (nSPS) is 16.8. The van der Waals surface area contributed by atoms with E-state index in [1.165, 1.54) is 11.1 Å². The fraction of sp³-hybridized carbons (Fsp3) is 0.324. The second kappa shape index (κ2) is 15.3. The summed E-state index contributed by atoms with van der Waals surface area (Å²) < 4.78 is 0. The van der Waals surface area contributed by atoms with Crippen LogP contribution in [0.25, 0.3) is 10.8 Å². The van der Waals surface area contributed by atoms with Crippen molar-refractivity contribution < 1.29 is 9.59 Å². The van der Waals surface area contributed by atoms with Gasteiger partial charge >= 0.3 is 0 Å². The number of nitrogens with zero attached hydrogens (tertiary/aromatic N) is 2. The quantitative estimate of drug-likeness (QED) is 0.112. The summed E-state index contributed by atoms with van der Waals surface area (Å²) in [5.74, 6) is 0.354. The monoisotopic (exact) mass is 604 g/mol. The number of benzene rings is 4. The number of hydrogen-bond donors (Lipinski definition) is 4. The Hall–Kier alpha value is -4.69. The molecule has 4 aromatic rings. The second-order valence-corrected chi connectivity index (χ2v) is 11.9. The van der Waals surface area contributed by atoms with E-state index in [1.54, 1.807) is 4.90 Å². The lowest BCUT2D eigenvalue weighted by Gasteiger charge is -2.29. The van der Waals surface area contributed by atoms with Gasteiger partial charge < -0.3 is 25.8 Å². The maximum absolute atomic E-state index is 14.1. The number of guanidine groups is 1. The predicted octanol–water partition coefficient (Wildman–Crippen LogP) is 4.83. The molecule has 0 bridgehead atoms. The van der Waals surface area contributed by atoms with Crippen molar-refractivity contribution in [2.75, 3.05) is 40.3 Å². The minimum atomic E-state index is -0.391. The van der Waals surface area contributed by atoms with Crippen LogP contribution >= 0.6 is 0 Å². The van der Waals surface area contributed by atoms with Gasteiger partial charge in [-0.2, -0.15) is 0 Å². The number of amides is 2. The van der Waals surface area contributed by atoms with Crippen molar-refractivity contribution in [1.82, 2.24) is 25.8 Å². The van der Waals surface area contributed by atoms with Crippen molar-refractivity contribution in [3.05, 3.63) is 120 Å². The lowest BCUT2D eigenvalue weighted by Crippen LogP contribution is -2.49. The van der Waals surface area contributed by atoms with Crippen LogP contribution < -0.4 is 16.0 Å². The van der Waals surface area contributed by atoms with Crippen molar-refractivity contribution in [1.29, 1.82) is 5.41 Å². The van der Waals surface area contributed by atoms with E-state index < -0.39 is 6.04 Å². The lowest BCUT2D eigenvalue weighted by molar-refractivity contribution is -0.133. The summed E-state index contributed by atoms with van der Waals surface area (Å²) in [4.78, 5) is 31.0. The highest BCUT2D eigenvalue weighted by Crippen LogP contribution is 2.27. The molecule has 4 aromatic carbocycles. The van der Waals surface area contributed by atoms with E-state index in [9.17, 15) is 9.59 Å². The molecule has 1 fully saturated rings. The average Bonchev–Trinajstić information content (AvgIpc) is 3.22. The fourth-order valence-electron chi connectivity index (χ4n) is 5.94. The topological polar surface area (TPSA) is 101 Å². The van der Waals surface area contributed by atoms with Gasteiger partial charge in [-0.3, -0.25) is 15.0 Å². The van der Waals surface area contributed by atoms with Crippen molar-refractivity contribution in [3.8, 4) is 0 Å². The molecule has 2 atom stereocenters. The first kappa shape index (κ1) is 31.7. The van der Waals surface area contributed by atoms with Gasteiger partial charge in [0, 0.05) is 57.8 Å². The highest BCUT2D eigenvalue weighted by Gasteiger charge is 2.32. The maximum Gasteiger partial charge on any atom is 0.251 e. The van der Waals surface area contributed by atoms with E-state index in [0.29, 0.717) is 44.1 Å². The molecular formula is C37H44N6O2. The molecule has 0 unspecified atom stereocenters. The van der Waals surface area contributed by atoms with Crippen LogP contribution in [-0.4, -0.2) is 79.9 Å². The number of nitrogens with one attached hydrogen (secondary N) is 4. The van der Waals surface area contributed by atoms with Gasteiger partial charge in [0.15, 0.2) is 5.96 Å². The molecule has 0 aliphatic carbocycles. The molecule has 5 rings (SSSR count). The highest BCUT2D eigenvalue weighted by molar-refractivity contribution is 5.98. The summed E-state index contributed by atoms with van der Waals surface area (Å²) in [6.45, 7) is 2.19. The van der Waals surface area contributed by atoms with Gasteiger partial charge in [0.05, 0.1) is 6.04 Å². The number of hydrogen-bond acceptors (Lipinski definition) is 4. The minimum absolute atomic E-state index is 0.0448. The zero-order chi connectivity index (χ0) is 31.6. The average molecular weight is 605 g/mol. The van der Waals surface area contributed by atoms with Gasteiger partial charge in [0.2, 0.25) is 5.91 Å². The third-order valence-electron chi connectivity index (χ3n) is 8.53. The van der Waals surface area contributed by atoms with Crippen LogP contribution in [0, 0.1) is 5.41 Å². The zero-order valence-corrected chi connectivity index (χ0v) is 26.2. The lowest BCUT2D eigenvalue weighted by atomic mass is 9.90. The molecule has 8 nitrogen and oxygen atoms in total. The largest absolute Gasteiger partial charge is 0.356 e. The van der Waals surface area contributed by atoms with Gasteiger partial charge in [-0.1, -0.05) is 91.0 Å². The molecule has 1 aliphatic heterocycles. The Morgan fingerprint density at radius 1 is 0.911 bits per heavy atom. The van der Waals surface area contributed by atoms with Crippen LogP contribution in [0.5, 0.6) is 0 Å². The van der Waals surface area contributed by atoms with E-state index in [1.807, 2.05) is 97.9 Å². The van der Waals surface area contributed by atoms with Crippen LogP contribution in [0.3, 0.4) is 0 Å². The third-order valence-corrected chi connectivity index (χ3v) is 8.53. The maximum atomic E-state index is 14.1. The molecule has 45 heavy (non-hydrogen) atoms. The minimum Gasteiger partial charge on any atom is -0.356 e.